The lowest BCUT2D eigenvalue weighted by molar-refractivity contribution is -0.0827. The first-order valence-corrected chi connectivity index (χ1v) is 1.55. The molecule has 0 heterocycles. The first kappa shape index (κ1) is 6.18. The van der Waals surface area contributed by atoms with Crippen molar-refractivity contribution in [3.8, 4) is 0 Å². The molecule has 0 radical (unpaired) electrons. The van der Waals surface area contributed by atoms with E-state index in [1.54, 1.807) is 0 Å². The lowest BCUT2D eigenvalue weighted by Gasteiger charge is -1.90. The minimum Gasteiger partial charge on any atom is -0.434 e. The van der Waals surface area contributed by atoms with Crippen LogP contribution in [0.3, 0.4) is 0 Å². The van der Waals surface area contributed by atoms with Gasteiger partial charge in [-0.1, -0.05) is 12.3 Å². The fourth-order valence-electron chi connectivity index (χ4n) is 0.0995. The third-order valence-corrected chi connectivity index (χ3v) is 0.254. The fraction of sp³-hybridized carbons (Fsp3) is 0.250. The summed E-state index contributed by atoms with van der Waals surface area (Å²) < 4.78 is 25.4. The van der Waals surface area contributed by atoms with Crippen molar-refractivity contribution >= 4 is 0 Å². The molecule has 1 nitrogen and oxygen atoms in total. The summed E-state index contributed by atoms with van der Waals surface area (Å²) >= 11 is 0. The van der Waals surface area contributed by atoms with Gasteiger partial charge < -0.3 is 4.74 Å². The van der Waals surface area contributed by atoms with E-state index in [-0.39, 0.29) is 0 Å². The van der Waals surface area contributed by atoms with Crippen molar-refractivity contribution in [1.82, 2.24) is 0 Å². The Balaban J connectivity index is 3.13. The predicted octanol–water partition coefficient (Wildman–Crippen LogP) is 1.52. The van der Waals surface area contributed by atoms with Gasteiger partial charge in [-0.15, -0.1) is 0 Å². The minimum absolute atomic E-state index is 0.713. The lowest BCUT2D eigenvalue weighted by atomic mass is 10.9. The van der Waals surface area contributed by atoms with Gasteiger partial charge in [0, 0.05) is 0 Å². The van der Waals surface area contributed by atoms with Crippen LogP contribution in [0.5, 0.6) is 0 Å². The van der Waals surface area contributed by atoms with Crippen LogP contribution in [-0.4, -0.2) is 6.61 Å². The summed E-state index contributed by atoms with van der Waals surface area (Å²) in [6.45, 7) is 0.238. The van der Waals surface area contributed by atoms with Gasteiger partial charge in [0.15, 0.2) is 0 Å². The van der Waals surface area contributed by atoms with Gasteiger partial charge in [-0.3, -0.25) is 0 Å². The van der Waals surface area contributed by atoms with E-state index in [4.69, 9.17) is 0 Å². The number of hydrogen-bond acceptors (Lipinski definition) is 1. The summed E-state index contributed by atoms with van der Waals surface area (Å²) in [4.78, 5) is 0. The Morgan fingerprint density at radius 2 is 2.29 bits per heavy atom. The van der Waals surface area contributed by atoms with Crippen molar-refractivity contribution in [2.75, 3.05) is 0 Å². The molecular formula is C4H4F2O. The first-order chi connectivity index (χ1) is 3.27. The van der Waals surface area contributed by atoms with Gasteiger partial charge in [0.2, 0.25) is 0 Å². The second-order valence-corrected chi connectivity index (χ2v) is 0.719. The monoisotopic (exact) mass is 106 g/mol. The van der Waals surface area contributed by atoms with Crippen molar-refractivity contribution in [2.24, 2.45) is 0 Å². The molecule has 0 unspecified atom stereocenters. The molecule has 0 aromatic heterocycles. The van der Waals surface area contributed by atoms with Crippen molar-refractivity contribution in [2.45, 2.75) is 6.61 Å². The normalized spacial score (nSPS) is 7.86. The topological polar surface area (TPSA) is 9.23 Å². The highest BCUT2D eigenvalue weighted by atomic mass is 19.3. The summed E-state index contributed by atoms with van der Waals surface area (Å²) in [7, 11) is 0. The molecule has 0 fully saturated rings. The largest absolute Gasteiger partial charge is 0.434 e. The SMILES string of the molecule is C=C=COC(F)F. The highest BCUT2D eigenvalue weighted by Crippen LogP contribution is 1.92. The summed E-state index contributed by atoms with van der Waals surface area (Å²) in [5.41, 5.74) is 2.02. The van der Waals surface area contributed by atoms with Gasteiger partial charge in [-0.05, 0) is 0 Å². The molecule has 0 amide bonds. The lowest BCUT2D eigenvalue weighted by Crippen LogP contribution is -1.88. The van der Waals surface area contributed by atoms with Gasteiger partial charge in [0.1, 0.15) is 6.26 Å². The van der Waals surface area contributed by atoms with E-state index in [0.29, 0.717) is 6.26 Å². The second-order valence-electron chi connectivity index (χ2n) is 0.719. The molecule has 0 rings (SSSR count). The fourth-order valence-corrected chi connectivity index (χ4v) is 0.0995. The van der Waals surface area contributed by atoms with Gasteiger partial charge in [-0.25, -0.2) is 0 Å². The Kier molecular flexibility index (Phi) is 2.98. The third-order valence-electron chi connectivity index (χ3n) is 0.254. The van der Waals surface area contributed by atoms with Crippen LogP contribution in [0.15, 0.2) is 18.6 Å². The summed E-state index contributed by atoms with van der Waals surface area (Å²) in [5.74, 6) is 0. The Hall–Kier alpha value is -0.820. The Morgan fingerprint density at radius 1 is 1.71 bits per heavy atom. The van der Waals surface area contributed by atoms with E-state index in [9.17, 15) is 8.78 Å². The van der Waals surface area contributed by atoms with Crippen LogP contribution in [0.2, 0.25) is 0 Å². The van der Waals surface area contributed by atoms with Gasteiger partial charge in [-0.2, -0.15) is 8.78 Å². The smallest absolute Gasteiger partial charge is 0.387 e. The predicted molar refractivity (Wildman–Crippen MR) is 20.8 cm³/mol. The van der Waals surface area contributed by atoms with Crippen LogP contribution in [0.1, 0.15) is 0 Å². The maximum Gasteiger partial charge on any atom is 0.387 e. The zero-order valence-corrected chi connectivity index (χ0v) is 3.53. The maximum atomic E-state index is 10.9. The van der Waals surface area contributed by atoms with Crippen molar-refractivity contribution in [3.63, 3.8) is 0 Å². The molecule has 40 valence electrons. The molecule has 0 aliphatic carbocycles. The van der Waals surface area contributed by atoms with Crippen LogP contribution in [-0.2, 0) is 4.74 Å². The molecule has 0 aliphatic rings. The number of rotatable bonds is 2. The number of alkyl halides is 2. The molecule has 0 aliphatic heterocycles. The molecule has 0 spiro atoms. The summed E-state index contributed by atoms with van der Waals surface area (Å²) in [5, 5.41) is 0. The Morgan fingerprint density at radius 3 is 2.43 bits per heavy atom. The molecular weight excluding hydrogens is 102 g/mol. The van der Waals surface area contributed by atoms with Crippen LogP contribution < -0.4 is 0 Å². The van der Waals surface area contributed by atoms with Crippen molar-refractivity contribution in [1.29, 1.82) is 0 Å². The Bertz CT molecular complexity index is 83.7. The summed E-state index contributed by atoms with van der Waals surface area (Å²) in [6, 6.07) is 0. The number of halogens is 2. The standard InChI is InChI=1S/C4H4F2O/c1-2-3-7-4(5)6/h3-4H,1H2. The highest BCUT2D eigenvalue weighted by Gasteiger charge is 1.93. The molecule has 3 heteroatoms. The average molecular weight is 106 g/mol. The average Bonchev–Trinajstić information content (AvgIpc) is 1.61. The van der Waals surface area contributed by atoms with Crippen LogP contribution in [0.25, 0.3) is 0 Å². The molecule has 0 aromatic rings. The van der Waals surface area contributed by atoms with Crippen molar-refractivity contribution in [3.05, 3.63) is 18.6 Å². The quantitative estimate of drug-likeness (QED) is 0.383. The van der Waals surface area contributed by atoms with Gasteiger partial charge in [0.05, 0.1) is 0 Å². The van der Waals surface area contributed by atoms with Crippen LogP contribution >= 0.6 is 0 Å². The van der Waals surface area contributed by atoms with Gasteiger partial charge in [0.25, 0.3) is 0 Å². The molecule has 7 heavy (non-hydrogen) atoms. The van der Waals surface area contributed by atoms with E-state index < -0.39 is 6.61 Å². The molecule has 0 N–H and O–H groups in total. The molecule has 0 bridgehead atoms. The molecule has 0 saturated heterocycles. The zero-order valence-electron chi connectivity index (χ0n) is 3.53. The highest BCUT2D eigenvalue weighted by molar-refractivity contribution is 4.63. The van der Waals surface area contributed by atoms with E-state index in [2.05, 4.69) is 11.3 Å². The summed E-state index contributed by atoms with van der Waals surface area (Å²) in [6.07, 6.45) is 0.713. The maximum absolute atomic E-state index is 10.9. The van der Waals surface area contributed by atoms with E-state index in [1.165, 1.54) is 0 Å². The minimum atomic E-state index is -2.76. The zero-order chi connectivity index (χ0) is 5.70. The third kappa shape index (κ3) is 5.18. The second kappa shape index (κ2) is 3.37. The molecule has 0 saturated carbocycles. The van der Waals surface area contributed by atoms with Crippen LogP contribution in [0, 0.1) is 0 Å². The van der Waals surface area contributed by atoms with Crippen LogP contribution in [0.4, 0.5) is 8.78 Å². The van der Waals surface area contributed by atoms with E-state index in [1.807, 2.05) is 5.73 Å². The molecule has 0 aromatic carbocycles. The van der Waals surface area contributed by atoms with E-state index >= 15 is 0 Å². The Labute approximate surface area is 39.9 Å². The number of hydrogen-bond donors (Lipinski definition) is 0. The first-order valence-electron chi connectivity index (χ1n) is 1.55. The van der Waals surface area contributed by atoms with Crippen molar-refractivity contribution < 1.29 is 13.5 Å². The van der Waals surface area contributed by atoms with Gasteiger partial charge >= 0.3 is 6.61 Å². The number of ether oxygens (including phenoxy) is 1. The molecule has 0 atom stereocenters. The van der Waals surface area contributed by atoms with E-state index in [0.717, 1.165) is 0 Å².